The number of rotatable bonds is 3. The Morgan fingerprint density at radius 2 is 1.58 bits per heavy atom. The van der Waals surface area contributed by atoms with Crippen molar-refractivity contribution in [2.24, 2.45) is 0 Å². The van der Waals surface area contributed by atoms with E-state index < -0.39 is 11.3 Å². The van der Waals surface area contributed by atoms with Crippen LogP contribution in [0.1, 0.15) is 35.7 Å². The van der Waals surface area contributed by atoms with E-state index in [2.05, 4.69) is 10.9 Å². The lowest BCUT2D eigenvalue weighted by Crippen LogP contribution is -2.56. The quantitative estimate of drug-likeness (QED) is 0.734. The zero-order valence-corrected chi connectivity index (χ0v) is 17.3. The highest BCUT2D eigenvalue weighted by molar-refractivity contribution is 5.97. The highest BCUT2D eigenvalue weighted by Crippen LogP contribution is 2.36. The van der Waals surface area contributed by atoms with Crippen molar-refractivity contribution in [2.45, 2.75) is 25.2 Å². The fourth-order valence-electron chi connectivity index (χ4n) is 4.10. The Labute approximate surface area is 180 Å². The van der Waals surface area contributed by atoms with Crippen LogP contribution in [-0.4, -0.2) is 48.9 Å². The summed E-state index contributed by atoms with van der Waals surface area (Å²) < 4.78 is 11.0. The molecule has 0 unspecified atom stereocenters. The topological polar surface area (TPSA) is 97.0 Å². The van der Waals surface area contributed by atoms with Crippen LogP contribution in [-0.2, 0) is 15.0 Å². The van der Waals surface area contributed by atoms with Gasteiger partial charge < -0.3 is 14.4 Å². The Bertz CT molecular complexity index is 984. The molecular formula is C23H25N3O5. The number of nitrogens with one attached hydrogen (secondary N) is 2. The predicted molar refractivity (Wildman–Crippen MR) is 113 cm³/mol. The number of likely N-dealkylation sites (tertiary alicyclic amines) is 1. The zero-order valence-electron chi connectivity index (χ0n) is 17.3. The van der Waals surface area contributed by atoms with Gasteiger partial charge in [0.05, 0.1) is 5.41 Å². The van der Waals surface area contributed by atoms with Crippen molar-refractivity contribution in [3.63, 3.8) is 0 Å². The summed E-state index contributed by atoms with van der Waals surface area (Å²) in [4.78, 5) is 39.4. The Morgan fingerprint density at radius 3 is 2.26 bits per heavy atom. The molecule has 8 nitrogen and oxygen atoms in total. The number of piperidine rings is 1. The molecule has 2 aliphatic rings. The number of carbonyl (C=O) groups excluding carboxylic acids is 3. The summed E-state index contributed by atoms with van der Waals surface area (Å²) in [5.74, 6) is 0.339. The Hall–Kier alpha value is -3.55. The van der Waals surface area contributed by atoms with E-state index in [1.165, 1.54) is 6.92 Å². The molecule has 0 aliphatic carbocycles. The lowest BCUT2D eigenvalue weighted by Gasteiger charge is -2.40. The molecule has 1 saturated heterocycles. The molecule has 2 aromatic rings. The molecule has 2 N–H and O–H groups in total. The maximum atomic E-state index is 13.3. The normalized spacial score (nSPS) is 16.9. The molecule has 0 aromatic heterocycles. The van der Waals surface area contributed by atoms with Gasteiger partial charge in [-0.1, -0.05) is 30.3 Å². The van der Waals surface area contributed by atoms with Crippen molar-refractivity contribution in [3.05, 3.63) is 59.7 Å². The SMILES string of the molecule is CC(=O)N1CCC(C(=O)NNC(=O)c2ccc3c(c2)OCCO3)(c2ccccc2)CC1. The standard InChI is InChI=1S/C23H25N3O5/c1-16(27)26-11-9-23(10-12-26,18-5-3-2-4-6-18)22(29)25-24-21(28)17-7-8-19-20(15-17)31-14-13-30-19/h2-8,15H,9-14H2,1H3,(H,24,28)(H,25,29). The number of ether oxygens (including phenoxy) is 2. The van der Waals surface area contributed by atoms with Gasteiger partial charge in [-0.15, -0.1) is 0 Å². The highest BCUT2D eigenvalue weighted by Gasteiger charge is 2.43. The molecule has 1 fully saturated rings. The number of nitrogens with zero attached hydrogens (tertiary/aromatic N) is 1. The van der Waals surface area contributed by atoms with Crippen LogP contribution < -0.4 is 20.3 Å². The monoisotopic (exact) mass is 423 g/mol. The van der Waals surface area contributed by atoms with Gasteiger partial charge in [0.1, 0.15) is 13.2 Å². The molecule has 2 aromatic carbocycles. The Balaban J connectivity index is 1.48. The average molecular weight is 423 g/mol. The summed E-state index contributed by atoms with van der Waals surface area (Å²) in [5, 5.41) is 0. The van der Waals surface area contributed by atoms with E-state index in [-0.39, 0.29) is 11.8 Å². The first-order valence-electron chi connectivity index (χ1n) is 10.3. The maximum absolute atomic E-state index is 13.3. The second-order valence-electron chi connectivity index (χ2n) is 7.72. The van der Waals surface area contributed by atoms with Crippen LogP contribution in [0.25, 0.3) is 0 Å². The fourth-order valence-corrected chi connectivity index (χ4v) is 4.10. The van der Waals surface area contributed by atoms with Gasteiger partial charge in [-0.2, -0.15) is 0 Å². The van der Waals surface area contributed by atoms with E-state index in [0.717, 1.165) is 5.56 Å². The molecule has 0 saturated carbocycles. The molecular weight excluding hydrogens is 398 g/mol. The van der Waals surface area contributed by atoms with Crippen molar-refractivity contribution in [3.8, 4) is 11.5 Å². The van der Waals surface area contributed by atoms with E-state index >= 15 is 0 Å². The van der Waals surface area contributed by atoms with Gasteiger partial charge in [0.25, 0.3) is 5.91 Å². The first kappa shape index (κ1) is 20.7. The van der Waals surface area contributed by atoms with Crippen LogP contribution in [0.2, 0.25) is 0 Å². The summed E-state index contributed by atoms with van der Waals surface area (Å²) in [6.07, 6.45) is 0.949. The van der Waals surface area contributed by atoms with Crippen molar-refractivity contribution in [1.82, 2.24) is 15.8 Å². The number of fused-ring (bicyclic) bond motifs is 1. The lowest BCUT2D eigenvalue weighted by atomic mass is 9.72. The third-order valence-corrected chi connectivity index (χ3v) is 5.92. The molecule has 4 rings (SSSR count). The first-order valence-corrected chi connectivity index (χ1v) is 10.3. The minimum absolute atomic E-state index is 0.00557. The summed E-state index contributed by atoms with van der Waals surface area (Å²) >= 11 is 0. The lowest BCUT2D eigenvalue weighted by molar-refractivity contribution is -0.135. The minimum atomic E-state index is -0.826. The molecule has 0 spiro atoms. The number of benzene rings is 2. The van der Waals surface area contributed by atoms with Gasteiger partial charge in [-0.3, -0.25) is 25.2 Å². The van der Waals surface area contributed by atoms with Gasteiger partial charge in [-0.25, -0.2) is 0 Å². The average Bonchev–Trinajstić information content (AvgIpc) is 2.82. The van der Waals surface area contributed by atoms with Gasteiger partial charge in [-0.05, 0) is 36.6 Å². The number of carbonyl (C=O) groups is 3. The van der Waals surface area contributed by atoms with Crippen LogP contribution >= 0.6 is 0 Å². The van der Waals surface area contributed by atoms with E-state index in [0.29, 0.717) is 56.2 Å². The second-order valence-corrected chi connectivity index (χ2v) is 7.72. The molecule has 0 bridgehead atoms. The van der Waals surface area contributed by atoms with Crippen LogP contribution in [0.5, 0.6) is 11.5 Å². The molecule has 2 heterocycles. The van der Waals surface area contributed by atoms with Gasteiger partial charge in [0.2, 0.25) is 11.8 Å². The van der Waals surface area contributed by atoms with E-state index in [9.17, 15) is 14.4 Å². The van der Waals surface area contributed by atoms with Crippen LogP contribution in [0.3, 0.4) is 0 Å². The van der Waals surface area contributed by atoms with Crippen molar-refractivity contribution >= 4 is 17.7 Å². The van der Waals surface area contributed by atoms with Gasteiger partial charge >= 0.3 is 0 Å². The third-order valence-electron chi connectivity index (χ3n) is 5.92. The van der Waals surface area contributed by atoms with Gasteiger partial charge in [0.15, 0.2) is 11.5 Å². The smallest absolute Gasteiger partial charge is 0.269 e. The van der Waals surface area contributed by atoms with Crippen LogP contribution in [0.15, 0.2) is 48.5 Å². The fraction of sp³-hybridized carbons (Fsp3) is 0.348. The number of hydrazine groups is 1. The number of amides is 3. The Kier molecular flexibility index (Phi) is 5.79. The van der Waals surface area contributed by atoms with Crippen molar-refractivity contribution in [2.75, 3.05) is 26.3 Å². The van der Waals surface area contributed by atoms with Crippen molar-refractivity contribution in [1.29, 1.82) is 0 Å². The number of hydrogen-bond acceptors (Lipinski definition) is 5. The van der Waals surface area contributed by atoms with E-state index in [4.69, 9.17) is 9.47 Å². The van der Waals surface area contributed by atoms with E-state index in [1.807, 2.05) is 30.3 Å². The molecule has 0 atom stereocenters. The minimum Gasteiger partial charge on any atom is -0.486 e. The third kappa shape index (κ3) is 4.19. The molecule has 2 aliphatic heterocycles. The molecule has 3 amide bonds. The summed E-state index contributed by atoms with van der Waals surface area (Å²) in [5.41, 5.74) is 5.51. The first-order chi connectivity index (χ1) is 15.0. The van der Waals surface area contributed by atoms with Crippen LogP contribution in [0.4, 0.5) is 0 Å². The van der Waals surface area contributed by atoms with Gasteiger partial charge in [0, 0.05) is 25.6 Å². The number of hydrogen-bond donors (Lipinski definition) is 2. The van der Waals surface area contributed by atoms with Crippen LogP contribution in [0, 0.1) is 0 Å². The molecule has 162 valence electrons. The second kappa shape index (κ2) is 8.67. The highest BCUT2D eigenvalue weighted by atomic mass is 16.6. The largest absolute Gasteiger partial charge is 0.486 e. The molecule has 31 heavy (non-hydrogen) atoms. The predicted octanol–water partition coefficient (Wildman–Crippen LogP) is 1.80. The maximum Gasteiger partial charge on any atom is 0.269 e. The summed E-state index contributed by atoms with van der Waals surface area (Å²) in [6.45, 7) is 3.38. The Morgan fingerprint density at radius 1 is 0.903 bits per heavy atom. The summed E-state index contributed by atoms with van der Waals surface area (Å²) in [7, 11) is 0. The van der Waals surface area contributed by atoms with Crippen molar-refractivity contribution < 1.29 is 23.9 Å². The zero-order chi connectivity index (χ0) is 21.8. The summed E-state index contributed by atoms with van der Waals surface area (Å²) in [6, 6.07) is 14.4. The molecule has 8 heteroatoms. The van der Waals surface area contributed by atoms with E-state index in [1.54, 1.807) is 23.1 Å². The molecule has 0 radical (unpaired) electrons.